The molecule has 162 valence electrons. The van der Waals surface area contributed by atoms with Crippen molar-refractivity contribution in [3.05, 3.63) is 65.2 Å². The van der Waals surface area contributed by atoms with Gasteiger partial charge in [0.1, 0.15) is 18.3 Å². The van der Waals surface area contributed by atoms with E-state index >= 15 is 0 Å². The van der Waals surface area contributed by atoms with Crippen LogP contribution in [0.15, 0.2) is 53.4 Å². The monoisotopic (exact) mass is 432 g/mol. The van der Waals surface area contributed by atoms with E-state index in [1.165, 1.54) is 7.11 Å². The summed E-state index contributed by atoms with van der Waals surface area (Å²) in [5.41, 5.74) is 1.10. The van der Waals surface area contributed by atoms with Gasteiger partial charge >= 0.3 is 0 Å². The SMILES string of the molecule is COC1(O)C(O)C(O)C(CO)OC1(Cc1ccccc1)c1cccc2c1CCCS2. The second kappa shape index (κ2) is 8.59. The smallest absolute Gasteiger partial charge is 0.229 e. The first kappa shape index (κ1) is 21.8. The summed E-state index contributed by atoms with van der Waals surface area (Å²) < 4.78 is 11.8. The van der Waals surface area contributed by atoms with Crippen molar-refractivity contribution < 1.29 is 29.9 Å². The number of thioether (sulfide) groups is 1. The molecule has 5 unspecified atom stereocenters. The third-order valence-corrected chi connectivity index (χ3v) is 7.41. The molecule has 0 spiro atoms. The van der Waals surface area contributed by atoms with Crippen molar-refractivity contribution >= 4 is 11.8 Å². The van der Waals surface area contributed by atoms with Crippen LogP contribution in [-0.2, 0) is 27.9 Å². The van der Waals surface area contributed by atoms with Gasteiger partial charge in [-0.3, -0.25) is 0 Å². The zero-order chi connectivity index (χ0) is 21.4. The fourth-order valence-electron chi connectivity index (χ4n) is 4.69. The topological polar surface area (TPSA) is 99.4 Å². The number of rotatable bonds is 5. The summed E-state index contributed by atoms with van der Waals surface area (Å²) in [6, 6.07) is 15.3. The Labute approximate surface area is 180 Å². The van der Waals surface area contributed by atoms with Crippen molar-refractivity contribution in [2.45, 2.75) is 53.9 Å². The van der Waals surface area contributed by atoms with Gasteiger partial charge in [-0.15, -0.1) is 11.8 Å². The molecule has 2 aromatic rings. The average molecular weight is 433 g/mol. The molecule has 0 aromatic heterocycles. The lowest BCUT2D eigenvalue weighted by atomic mass is 9.71. The minimum atomic E-state index is -2.23. The van der Waals surface area contributed by atoms with E-state index in [2.05, 4.69) is 0 Å². The molecule has 1 fully saturated rings. The maximum atomic E-state index is 11.7. The molecule has 30 heavy (non-hydrogen) atoms. The summed E-state index contributed by atoms with van der Waals surface area (Å²) in [5, 5.41) is 43.1. The fourth-order valence-corrected chi connectivity index (χ4v) is 5.76. The van der Waals surface area contributed by atoms with Crippen LogP contribution in [0.4, 0.5) is 0 Å². The van der Waals surface area contributed by atoms with E-state index in [-0.39, 0.29) is 6.42 Å². The highest BCUT2D eigenvalue weighted by molar-refractivity contribution is 7.99. The van der Waals surface area contributed by atoms with Crippen molar-refractivity contribution in [1.29, 1.82) is 0 Å². The lowest BCUT2D eigenvalue weighted by Gasteiger charge is -2.55. The minimum absolute atomic E-state index is 0.194. The van der Waals surface area contributed by atoms with Crippen LogP contribution in [0.25, 0.3) is 0 Å². The quantitative estimate of drug-likeness (QED) is 0.533. The van der Waals surface area contributed by atoms with E-state index in [0.717, 1.165) is 34.6 Å². The number of methoxy groups -OCH3 is 1. The highest BCUT2D eigenvalue weighted by atomic mass is 32.2. The number of hydrogen-bond donors (Lipinski definition) is 4. The molecule has 0 bridgehead atoms. The summed E-state index contributed by atoms with van der Waals surface area (Å²) >= 11 is 1.75. The number of benzene rings is 2. The van der Waals surface area contributed by atoms with Gasteiger partial charge in [0.05, 0.1) is 6.61 Å². The van der Waals surface area contributed by atoms with E-state index in [9.17, 15) is 20.4 Å². The number of aliphatic hydroxyl groups is 4. The molecule has 1 saturated heterocycles. The molecule has 0 amide bonds. The van der Waals surface area contributed by atoms with E-state index < -0.39 is 36.3 Å². The van der Waals surface area contributed by atoms with E-state index in [0.29, 0.717) is 5.56 Å². The summed E-state index contributed by atoms with van der Waals surface area (Å²) in [7, 11) is 1.29. The van der Waals surface area contributed by atoms with Crippen molar-refractivity contribution in [3.8, 4) is 0 Å². The Hall–Kier alpha value is -1.45. The molecule has 2 aromatic carbocycles. The molecule has 5 atom stereocenters. The molecule has 0 saturated carbocycles. The summed E-state index contributed by atoms with van der Waals surface area (Å²) in [4.78, 5) is 1.11. The molecule has 4 rings (SSSR count). The maximum Gasteiger partial charge on any atom is 0.229 e. The van der Waals surface area contributed by atoms with Gasteiger partial charge in [0.25, 0.3) is 0 Å². The van der Waals surface area contributed by atoms with Crippen LogP contribution in [0.2, 0.25) is 0 Å². The standard InChI is InChI=1S/C23H28O6S/c1-28-23(27)21(26)20(25)18(14-24)29-22(23,13-15-7-3-2-4-8-15)17-10-5-11-19-16(17)9-6-12-30-19/h2-5,7-8,10-11,18,20-21,24-27H,6,9,12-14H2,1H3. The summed E-state index contributed by atoms with van der Waals surface area (Å²) in [5.74, 6) is -1.22. The molecule has 4 N–H and O–H groups in total. The number of ether oxygens (including phenoxy) is 2. The normalized spacial score (nSPS) is 33.8. The number of hydrogen-bond acceptors (Lipinski definition) is 7. The molecule has 6 nitrogen and oxygen atoms in total. The molecule has 2 aliphatic heterocycles. The van der Waals surface area contributed by atoms with E-state index in [4.69, 9.17) is 9.47 Å². The van der Waals surface area contributed by atoms with Crippen molar-refractivity contribution in [2.75, 3.05) is 19.5 Å². The molecule has 0 aliphatic carbocycles. The first-order valence-corrected chi connectivity index (χ1v) is 11.2. The van der Waals surface area contributed by atoms with Crippen LogP contribution in [0.5, 0.6) is 0 Å². The first-order chi connectivity index (χ1) is 14.5. The maximum absolute atomic E-state index is 11.7. The Kier molecular flexibility index (Phi) is 6.23. The largest absolute Gasteiger partial charge is 0.394 e. The molecular weight excluding hydrogens is 404 g/mol. The number of fused-ring (bicyclic) bond motifs is 1. The lowest BCUT2D eigenvalue weighted by Crippen LogP contribution is -2.73. The highest BCUT2D eigenvalue weighted by Gasteiger charge is 2.65. The second-order valence-corrected chi connectivity index (χ2v) is 9.04. The summed E-state index contributed by atoms with van der Waals surface area (Å²) in [6.07, 6.45) is -2.27. The Balaban J connectivity index is 1.96. The van der Waals surface area contributed by atoms with E-state index in [1.807, 2.05) is 48.5 Å². The third kappa shape index (κ3) is 3.39. The number of aliphatic hydroxyl groups excluding tert-OH is 3. The van der Waals surface area contributed by atoms with Gasteiger partial charge in [-0.25, -0.2) is 0 Å². The van der Waals surface area contributed by atoms with Gasteiger partial charge < -0.3 is 29.9 Å². The van der Waals surface area contributed by atoms with Crippen LogP contribution in [0.3, 0.4) is 0 Å². The van der Waals surface area contributed by atoms with Crippen LogP contribution < -0.4 is 0 Å². The Morgan fingerprint density at radius 3 is 2.60 bits per heavy atom. The van der Waals surface area contributed by atoms with Crippen LogP contribution in [0, 0.1) is 0 Å². The van der Waals surface area contributed by atoms with Gasteiger partial charge in [0.15, 0.2) is 5.60 Å². The van der Waals surface area contributed by atoms with Crippen molar-refractivity contribution in [3.63, 3.8) is 0 Å². The van der Waals surface area contributed by atoms with E-state index in [1.54, 1.807) is 11.8 Å². The minimum Gasteiger partial charge on any atom is -0.394 e. The first-order valence-electron chi connectivity index (χ1n) is 10.2. The zero-order valence-electron chi connectivity index (χ0n) is 16.9. The molecule has 7 heteroatoms. The predicted molar refractivity (Wildman–Crippen MR) is 113 cm³/mol. The van der Waals surface area contributed by atoms with Gasteiger partial charge in [-0.2, -0.15) is 0 Å². The van der Waals surface area contributed by atoms with Crippen LogP contribution in [0.1, 0.15) is 23.1 Å². The zero-order valence-corrected chi connectivity index (χ0v) is 17.7. The van der Waals surface area contributed by atoms with Crippen LogP contribution in [-0.4, -0.2) is 64.0 Å². The van der Waals surface area contributed by atoms with Gasteiger partial charge in [-0.1, -0.05) is 42.5 Å². The Morgan fingerprint density at radius 2 is 1.90 bits per heavy atom. The molecule has 2 heterocycles. The fraction of sp³-hybridized carbons (Fsp3) is 0.478. The summed E-state index contributed by atoms with van der Waals surface area (Å²) in [6.45, 7) is -0.502. The lowest BCUT2D eigenvalue weighted by molar-refractivity contribution is -0.403. The predicted octanol–water partition coefficient (Wildman–Crippen LogP) is 1.61. The Morgan fingerprint density at radius 1 is 1.13 bits per heavy atom. The highest BCUT2D eigenvalue weighted by Crippen LogP contribution is 2.50. The van der Waals surface area contributed by atoms with Gasteiger partial charge in [-0.05, 0) is 41.4 Å². The molecule has 2 aliphatic rings. The molecular formula is C23H28O6S. The second-order valence-electron chi connectivity index (χ2n) is 7.90. The van der Waals surface area contributed by atoms with Gasteiger partial charge in [0, 0.05) is 18.4 Å². The average Bonchev–Trinajstić information content (AvgIpc) is 2.79. The molecule has 0 radical (unpaired) electrons. The van der Waals surface area contributed by atoms with Crippen molar-refractivity contribution in [1.82, 2.24) is 0 Å². The Bertz CT molecular complexity index is 877. The van der Waals surface area contributed by atoms with Crippen molar-refractivity contribution in [2.24, 2.45) is 0 Å². The third-order valence-electron chi connectivity index (χ3n) is 6.22. The van der Waals surface area contributed by atoms with Crippen LogP contribution >= 0.6 is 11.8 Å². The van der Waals surface area contributed by atoms with Gasteiger partial charge in [0.2, 0.25) is 5.79 Å².